The van der Waals surface area contributed by atoms with Gasteiger partial charge in [-0.2, -0.15) is 0 Å². The summed E-state index contributed by atoms with van der Waals surface area (Å²) >= 11 is 0. The number of carbonyl (C=O) groups excluding carboxylic acids is 1. The Labute approximate surface area is 182 Å². The molecule has 2 aromatic carbocycles. The number of methoxy groups -OCH3 is 1. The standard InChI is InChI=1S/C24H21NO7/c1-30-20-9-8-14(11-18(20)26)17(12-21(27)25-13-15-5-4-10-31-15)22-23(28)16-6-2-3-7-19(16)32-24(22)29/h2-11,17,26,28H,12-13H2,1H3,(H,25,27). The third-order valence-corrected chi connectivity index (χ3v) is 5.20. The van der Waals surface area contributed by atoms with Crippen LogP contribution in [0, 0.1) is 0 Å². The summed E-state index contributed by atoms with van der Waals surface area (Å²) in [4.78, 5) is 25.6. The van der Waals surface area contributed by atoms with Crippen molar-refractivity contribution in [2.45, 2.75) is 18.9 Å². The van der Waals surface area contributed by atoms with E-state index in [0.717, 1.165) is 0 Å². The first-order chi connectivity index (χ1) is 15.5. The molecule has 4 aromatic rings. The second-order valence-electron chi connectivity index (χ2n) is 7.19. The number of phenols is 1. The minimum absolute atomic E-state index is 0.0681. The molecule has 32 heavy (non-hydrogen) atoms. The minimum Gasteiger partial charge on any atom is -0.507 e. The Morgan fingerprint density at radius 1 is 1.12 bits per heavy atom. The van der Waals surface area contributed by atoms with Crippen molar-refractivity contribution in [3.8, 4) is 17.2 Å². The number of fused-ring (bicyclic) bond motifs is 1. The first-order valence-electron chi connectivity index (χ1n) is 9.88. The number of carbonyl (C=O) groups is 1. The van der Waals surface area contributed by atoms with E-state index in [1.54, 1.807) is 42.5 Å². The van der Waals surface area contributed by atoms with Crippen molar-refractivity contribution in [1.29, 1.82) is 0 Å². The van der Waals surface area contributed by atoms with Crippen molar-refractivity contribution in [3.63, 3.8) is 0 Å². The second kappa shape index (κ2) is 8.89. The van der Waals surface area contributed by atoms with E-state index in [0.29, 0.717) is 16.7 Å². The Kier molecular flexibility index (Phi) is 5.85. The smallest absolute Gasteiger partial charge is 0.343 e. The van der Waals surface area contributed by atoms with Gasteiger partial charge in [-0.05, 0) is 42.0 Å². The molecule has 2 aromatic heterocycles. The van der Waals surface area contributed by atoms with Crippen molar-refractivity contribution in [2.75, 3.05) is 7.11 Å². The van der Waals surface area contributed by atoms with Gasteiger partial charge in [0.25, 0.3) is 0 Å². The summed E-state index contributed by atoms with van der Waals surface area (Å²) in [6.45, 7) is 0.171. The fourth-order valence-corrected chi connectivity index (χ4v) is 3.62. The van der Waals surface area contributed by atoms with E-state index in [9.17, 15) is 19.8 Å². The van der Waals surface area contributed by atoms with Gasteiger partial charge in [-0.25, -0.2) is 4.79 Å². The van der Waals surface area contributed by atoms with Crippen molar-refractivity contribution >= 4 is 16.9 Å². The zero-order valence-corrected chi connectivity index (χ0v) is 17.2. The van der Waals surface area contributed by atoms with Crippen LogP contribution in [0.5, 0.6) is 17.2 Å². The van der Waals surface area contributed by atoms with Crippen LogP contribution in [0.1, 0.15) is 29.2 Å². The number of furan rings is 1. The third kappa shape index (κ3) is 4.15. The van der Waals surface area contributed by atoms with Gasteiger partial charge < -0.3 is 29.1 Å². The molecular weight excluding hydrogens is 414 g/mol. The van der Waals surface area contributed by atoms with Gasteiger partial charge in [-0.3, -0.25) is 4.79 Å². The molecule has 1 atom stereocenters. The molecule has 3 N–H and O–H groups in total. The van der Waals surface area contributed by atoms with Crippen LogP contribution in [0.15, 0.2) is 74.5 Å². The highest BCUT2D eigenvalue weighted by Crippen LogP contribution is 2.38. The van der Waals surface area contributed by atoms with Gasteiger partial charge in [0, 0.05) is 12.3 Å². The predicted octanol–water partition coefficient (Wildman–Crippen LogP) is 3.64. The molecule has 164 valence electrons. The Balaban J connectivity index is 1.75. The Bertz CT molecular complexity index is 1310. The van der Waals surface area contributed by atoms with Gasteiger partial charge in [-0.1, -0.05) is 18.2 Å². The molecule has 8 heteroatoms. The normalized spacial score (nSPS) is 11.9. The number of ether oxygens (including phenoxy) is 1. The van der Waals surface area contributed by atoms with E-state index in [2.05, 4.69) is 5.32 Å². The number of rotatable bonds is 7. The lowest BCUT2D eigenvalue weighted by molar-refractivity contribution is -0.121. The second-order valence-corrected chi connectivity index (χ2v) is 7.19. The molecule has 0 saturated heterocycles. The van der Waals surface area contributed by atoms with Gasteiger partial charge >= 0.3 is 5.63 Å². The zero-order valence-electron chi connectivity index (χ0n) is 17.2. The van der Waals surface area contributed by atoms with Crippen LogP contribution in [0.25, 0.3) is 11.0 Å². The number of hydrogen-bond acceptors (Lipinski definition) is 7. The maximum absolute atomic E-state index is 12.8. The first-order valence-corrected chi connectivity index (χ1v) is 9.88. The van der Waals surface area contributed by atoms with E-state index >= 15 is 0 Å². The Morgan fingerprint density at radius 3 is 2.66 bits per heavy atom. The zero-order chi connectivity index (χ0) is 22.7. The molecule has 0 saturated carbocycles. The van der Waals surface area contributed by atoms with E-state index in [1.165, 1.54) is 25.5 Å². The van der Waals surface area contributed by atoms with Gasteiger partial charge in [-0.15, -0.1) is 0 Å². The highest BCUT2D eigenvalue weighted by molar-refractivity contribution is 5.85. The molecule has 1 unspecified atom stereocenters. The average molecular weight is 435 g/mol. The van der Waals surface area contributed by atoms with Crippen LogP contribution < -0.4 is 15.7 Å². The molecule has 0 radical (unpaired) electrons. The predicted molar refractivity (Wildman–Crippen MR) is 116 cm³/mol. The third-order valence-electron chi connectivity index (χ3n) is 5.20. The summed E-state index contributed by atoms with van der Waals surface area (Å²) in [5.74, 6) is -0.876. The quantitative estimate of drug-likeness (QED) is 0.379. The van der Waals surface area contributed by atoms with Crippen LogP contribution in [0.3, 0.4) is 0 Å². The Hall–Kier alpha value is -4.20. The number of para-hydroxylation sites is 1. The number of phenolic OH excluding ortho intramolecular Hbond substituents is 1. The summed E-state index contributed by atoms with van der Waals surface area (Å²) in [5, 5.41) is 24.3. The van der Waals surface area contributed by atoms with Crippen LogP contribution in [0.4, 0.5) is 0 Å². The maximum Gasteiger partial charge on any atom is 0.343 e. The van der Waals surface area contributed by atoms with Crippen molar-refractivity contribution < 1.29 is 28.6 Å². The minimum atomic E-state index is -0.885. The van der Waals surface area contributed by atoms with Gasteiger partial charge in [0.05, 0.1) is 30.9 Å². The fourth-order valence-electron chi connectivity index (χ4n) is 3.62. The highest BCUT2D eigenvalue weighted by Gasteiger charge is 2.27. The maximum atomic E-state index is 12.8. The lowest BCUT2D eigenvalue weighted by Gasteiger charge is -2.19. The number of hydrogen-bond donors (Lipinski definition) is 3. The largest absolute Gasteiger partial charge is 0.507 e. The van der Waals surface area contributed by atoms with Gasteiger partial charge in [0.1, 0.15) is 17.1 Å². The van der Waals surface area contributed by atoms with E-state index in [4.69, 9.17) is 13.6 Å². The highest BCUT2D eigenvalue weighted by atomic mass is 16.5. The van der Waals surface area contributed by atoms with Crippen LogP contribution >= 0.6 is 0 Å². The Morgan fingerprint density at radius 2 is 1.94 bits per heavy atom. The summed E-state index contributed by atoms with van der Waals surface area (Å²) in [5.41, 5.74) is -0.159. The molecular formula is C24H21NO7. The molecule has 0 bridgehead atoms. The molecule has 0 fully saturated rings. The molecule has 2 heterocycles. The van der Waals surface area contributed by atoms with Gasteiger partial charge in [0.15, 0.2) is 11.5 Å². The van der Waals surface area contributed by atoms with Crippen molar-refractivity contribution in [1.82, 2.24) is 5.32 Å². The molecule has 0 aliphatic carbocycles. The summed E-state index contributed by atoms with van der Waals surface area (Å²) in [6, 6.07) is 14.6. The van der Waals surface area contributed by atoms with Crippen LogP contribution in [-0.4, -0.2) is 23.2 Å². The molecule has 0 aliphatic heterocycles. The number of nitrogens with one attached hydrogen (secondary N) is 1. The molecule has 4 rings (SSSR count). The summed E-state index contributed by atoms with van der Waals surface area (Å²) in [7, 11) is 1.41. The molecule has 0 spiro atoms. The summed E-state index contributed by atoms with van der Waals surface area (Å²) in [6.07, 6.45) is 1.33. The number of benzene rings is 2. The van der Waals surface area contributed by atoms with Gasteiger partial charge in [0.2, 0.25) is 5.91 Å². The SMILES string of the molecule is COc1ccc(C(CC(=O)NCc2ccco2)c2c(O)c3ccccc3oc2=O)cc1O. The fraction of sp³-hybridized carbons (Fsp3) is 0.167. The lowest BCUT2D eigenvalue weighted by Crippen LogP contribution is -2.26. The number of amides is 1. The van der Waals surface area contributed by atoms with Crippen LogP contribution in [-0.2, 0) is 11.3 Å². The van der Waals surface area contributed by atoms with E-state index in [-0.39, 0.29) is 47.3 Å². The molecule has 1 amide bonds. The van der Waals surface area contributed by atoms with Crippen molar-refractivity contribution in [2.24, 2.45) is 0 Å². The molecule has 0 aliphatic rings. The first kappa shape index (κ1) is 21.0. The van der Waals surface area contributed by atoms with Crippen molar-refractivity contribution in [3.05, 3.63) is 88.2 Å². The monoisotopic (exact) mass is 435 g/mol. The number of aromatic hydroxyl groups is 2. The van der Waals surface area contributed by atoms with Crippen LogP contribution in [0.2, 0.25) is 0 Å². The topological polar surface area (TPSA) is 122 Å². The average Bonchev–Trinajstić information content (AvgIpc) is 3.31. The lowest BCUT2D eigenvalue weighted by atomic mass is 9.87. The van der Waals surface area contributed by atoms with E-state index < -0.39 is 11.5 Å². The van der Waals surface area contributed by atoms with E-state index in [1.807, 2.05) is 0 Å². The summed E-state index contributed by atoms with van der Waals surface area (Å²) < 4.78 is 15.7. The molecule has 8 nitrogen and oxygen atoms in total.